The number of benzene rings is 4. The Labute approximate surface area is 245 Å². The van der Waals surface area contributed by atoms with Crippen molar-refractivity contribution in [3.05, 3.63) is 145 Å². The molecule has 0 atom stereocenters. The maximum atomic E-state index is 4.53. The SMILES string of the molecule is CC(C)(c1ccccc1)c1cc[c-]c(-c2[c-]cccc2)c1.[CH3][Ge]([CH3])([CH3])[c]1ccc(-c2[c-]cccc2)nc1.[Ir+3]. The van der Waals surface area contributed by atoms with E-state index < -0.39 is 13.3 Å². The van der Waals surface area contributed by atoms with E-state index in [1.807, 2.05) is 54.7 Å². The van der Waals surface area contributed by atoms with Gasteiger partial charge in [0, 0.05) is 0 Å². The van der Waals surface area contributed by atoms with Crippen molar-refractivity contribution < 1.29 is 20.1 Å². The van der Waals surface area contributed by atoms with Crippen molar-refractivity contribution >= 4 is 17.7 Å². The monoisotopic (exact) mass is 735 g/mol. The number of nitrogens with zero attached hydrogens (tertiary/aromatic N) is 1. The molecule has 192 valence electrons. The third-order valence-electron chi connectivity index (χ3n) is 6.63. The molecule has 0 saturated carbocycles. The maximum absolute atomic E-state index is 4.53. The smallest absolute Gasteiger partial charge is 3.00 e. The van der Waals surface area contributed by atoms with Crippen molar-refractivity contribution in [3.63, 3.8) is 0 Å². The zero-order valence-corrected chi connectivity index (χ0v) is 27.2. The molecule has 4 aromatic carbocycles. The molecule has 0 bridgehead atoms. The van der Waals surface area contributed by atoms with Crippen LogP contribution in [-0.2, 0) is 25.5 Å². The number of aromatic nitrogens is 1. The van der Waals surface area contributed by atoms with E-state index in [0.29, 0.717) is 0 Å². The van der Waals surface area contributed by atoms with Gasteiger partial charge in [0.2, 0.25) is 0 Å². The molecule has 0 N–H and O–H groups in total. The van der Waals surface area contributed by atoms with E-state index in [0.717, 1.165) is 22.4 Å². The summed E-state index contributed by atoms with van der Waals surface area (Å²) in [5.74, 6) is 7.14. The zero-order valence-electron chi connectivity index (χ0n) is 22.8. The van der Waals surface area contributed by atoms with E-state index in [1.165, 1.54) is 15.5 Å². The minimum absolute atomic E-state index is 0. The van der Waals surface area contributed by atoms with E-state index in [4.69, 9.17) is 0 Å². The Kier molecular flexibility index (Phi) is 10.4. The average molecular weight is 733 g/mol. The molecule has 1 aromatic heterocycles. The summed E-state index contributed by atoms with van der Waals surface area (Å²) in [6.45, 7) is 4.52. The second kappa shape index (κ2) is 13.3. The Bertz CT molecular complexity index is 1390. The van der Waals surface area contributed by atoms with Crippen molar-refractivity contribution in [3.8, 4) is 22.4 Å². The van der Waals surface area contributed by atoms with Gasteiger partial charge in [-0.1, -0.05) is 44.2 Å². The molecule has 5 aromatic rings. The Morgan fingerprint density at radius 2 is 1.21 bits per heavy atom. The molecular formula is C35H34GeIrN. The largest absolute Gasteiger partial charge is 3.00 e. The minimum Gasteiger partial charge on any atom is 3.00 e. The third-order valence-corrected chi connectivity index (χ3v) is 10.9. The summed E-state index contributed by atoms with van der Waals surface area (Å²) in [7, 11) is 0. The van der Waals surface area contributed by atoms with Crippen LogP contribution in [0.1, 0.15) is 25.0 Å². The van der Waals surface area contributed by atoms with Crippen molar-refractivity contribution in [1.82, 2.24) is 4.98 Å². The van der Waals surface area contributed by atoms with Crippen LogP contribution >= 0.6 is 0 Å². The van der Waals surface area contributed by atoms with Gasteiger partial charge in [-0.25, -0.2) is 11.1 Å². The predicted molar refractivity (Wildman–Crippen MR) is 160 cm³/mol. The van der Waals surface area contributed by atoms with E-state index in [1.54, 1.807) is 0 Å². The van der Waals surface area contributed by atoms with Crippen molar-refractivity contribution in [2.45, 2.75) is 36.5 Å². The fraction of sp³-hybridized carbons (Fsp3) is 0.171. The van der Waals surface area contributed by atoms with Crippen LogP contribution in [0.5, 0.6) is 0 Å². The number of hydrogen-bond donors (Lipinski definition) is 0. The molecule has 1 heterocycles. The van der Waals surface area contributed by atoms with Gasteiger partial charge in [-0.3, -0.25) is 0 Å². The van der Waals surface area contributed by atoms with Gasteiger partial charge in [0.1, 0.15) is 0 Å². The number of rotatable bonds is 5. The van der Waals surface area contributed by atoms with Crippen molar-refractivity contribution in [2.24, 2.45) is 0 Å². The Morgan fingerprint density at radius 1 is 0.605 bits per heavy atom. The second-order valence-corrected chi connectivity index (χ2v) is 21.4. The average Bonchev–Trinajstić information content (AvgIpc) is 2.94. The van der Waals surface area contributed by atoms with Crippen molar-refractivity contribution in [1.29, 1.82) is 0 Å². The molecule has 5 rings (SSSR count). The van der Waals surface area contributed by atoms with Gasteiger partial charge in [0.05, 0.1) is 0 Å². The molecule has 38 heavy (non-hydrogen) atoms. The van der Waals surface area contributed by atoms with Crippen LogP contribution in [0.15, 0.2) is 115 Å². The Morgan fingerprint density at radius 3 is 1.76 bits per heavy atom. The van der Waals surface area contributed by atoms with Crippen LogP contribution in [0.3, 0.4) is 0 Å². The summed E-state index contributed by atoms with van der Waals surface area (Å²) >= 11 is -1.72. The van der Waals surface area contributed by atoms with Gasteiger partial charge in [0.15, 0.2) is 0 Å². The first-order chi connectivity index (χ1) is 17.7. The van der Waals surface area contributed by atoms with E-state index in [-0.39, 0.29) is 25.5 Å². The van der Waals surface area contributed by atoms with Crippen molar-refractivity contribution in [2.75, 3.05) is 0 Å². The minimum atomic E-state index is -1.72. The summed E-state index contributed by atoms with van der Waals surface area (Å²) in [4.78, 5) is 4.53. The zero-order chi connectivity index (χ0) is 26.3. The predicted octanol–water partition coefficient (Wildman–Crippen LogP) is 8.37. The van der Waals surface area contributed by atoms with Gasteiger partial charge in [-0.15, -0.1) is 17.7 Å². The standard InChI is InChI=1S/C21H18.C14H16GeN.Ir/c1-21(2,19-13-7-4-8-14-19)20-15-9-12-18(16-20)17-10-5-3-6-11-17;1-15(2,3)13-9-10-14(16-11-13)12-7-5-4-6-8-12;/h3-10,13-16H,1-2H3;4-7,9-11H,1-3H3;/q-2;-1;+3. The molecule has 0 amide bonds. The maximum Gasteiger partial charge on any atom is 3.00 e. The molecule has 0 saturated heterocycles. The molecule has 0 aliphatic heterocycles. The van der Waals surface area contributed by atoms with Gasteiger partial charge >= 0.3 is 120 Å². The van der Waals surface area contributed by atoms with Crippen LogP contribution in [0.2, 0.25) is 17.3 Å². The summed E-state index contributed by atoms with van der Waals surface area (Å²) in [6.07, 6.45) is 2.04. The van der Waals surface area contributed by atoms with Gasteiger partial charge in [0.25, 0.3) is 0 Å². The van der Waals surface area contributed by atoms with E-state index >= 15 is 0 Å². The normalized spacial score (nSPS) is 11.1. The van der Waals surface area contributed by atoms with E-state index in [2.05, 4.69) is 115 Å². The first kappa shape index (κ1) is 29.8. The van der Waals surface area contributed by atoms with Crippen LogP contribution in [0.4, 0.5) is 0 Å². The molecule has 0 unspecified atom stereocenters. The second-order valence-electron chi connectivity index (χ2n) is 10.7. The van der Waals surface area contributed by atoms with Crippen LogP contribution in [-0.4, -0.2) is 18.3 Å². The van der Waals surface area contributed by atoms with Crippen LogP contribution in [0, 0.1) is 18.2 Å². The van der Waals surface area contributed by atoms with Crippen LogP contribution < -0.4 is 4.40 Å². The summed E-state index contributed by atoms with van der Waals surface area (Å²) in [5.41, 5.74) is 6.84. The molecule has 0 spiro atoms. The number of pyridine rings is 1. The topological polar surface area (TPSA) is 12.9 Å². The Balaban J connectivity index is 0.000000213. The van der Waals surface area contributed by atoms with Crippen LogP contribution in [0.25, 0.3) is 22.4 Å². The summed E-state index contributed by atoms with van der Waals surface area (Å²) in [6, 6.07) is 47.1. The van der Waals surface area contributed by atoms with Gasteiger partial charge in [-0.05, 0) is 11.0 Å². The van der Waals surface area contributed by atoms with Gasteiger partial charge in [-0.2, -0.15) is 42.5 Å². The summed E-state index contributed by atoms with van der Waals surface area (Å²) in [5, 5.41) is 0. The molecule has 3 heteroatoms. The third kappa shape index (κ3) is 7.63. The number of hydrogen-bond acceptors (Lipinski definition) is 1. The molecule has 0 aliphatic rings. The molecule has 1 nitrogen and oxygen atoms in total. The van der Waals surface area contributed by atoms with Gasteiger partial charge < -0.3 is 0 Å². The molecular weight excluding hydrogens is 699 g/mol. The van der Waals surface area contributed by atoms with E-state index in [9.17, 15) is 0 Å². The summed E-state index contributed by atoms with van der Waals surface area (Å²) < 4.78 is 1.44. The molecule has 0 radical (unpaired) electrons. The quantitative estimate of drug-likeness (QED) is 0.131. The first-order valence-electron chi connectivity index (χ1n) is 12.7. The fourth-order valence-electron chi connectivity index (χ4n) is 4.14. The fourth-order valence-corrected chi connectivity index (χ4v) is 6.31. The Hall–Kier alpha value is -2.78. The molecule has 0 fully saturated rings. The molecule has 0 aliphatic carbocycles. The first-order valence-corrected chi connectivity index (χ1v) is 20.1.